The van der Waals surface area contributed by atoms with Crippen LogP contribution in [-0.2, 0) is 0 Å². The van der Waals surface area contributed by atoms with E-state index >= 15 is 0 Å². The molecule has 0 aliphatic heterocycles. The van der Waals surface area contributed by atoms with Gasteiger partial charge in [0, 0.05) is 11.1 Å². The fraction of sp³-hybridized carbons (Fsp3) is 0. The van der Waals surface area contributed by atoms with E-state index in [0.717, 1.165) is 42.5 Å². The van der Waals surface area contributed by atoms with Gasteiger partial charge in [-0.3, -0.25) is 0 Å². The number of aromatic carboxylic acids is 4. The maximum atomic E-state index is 11.7. The minimum absolute atomic E-state index is 0.0831. The minimum atomic E-state index is -1.52. The van der Waals surface area contributed by atoms with Crippen LogP contribution in [0.3, 0.4) is 0 Å². The van der Waals surface area contributed by atoms with Gasteiger partial charge in [-0.25, -0.2) is 19.2 Å². The van der Waals surface area contributed by atoms with E-state index < -0.39 is 46.5 Å². The zero-order valence-electron chi connectivity index (χ0n) is 15.9. The average Bonchev–Trinajstić information content (AvgIpc) is 2.73. The number of benzene rings is 3. The van der Waals surface area contributed by atoms with Crippen molar-refractivity contribution in [1.82, 2.24) is 0 Å². The summed E-state index contributed by atoms with van der Waals surface area (Å²) in [6.45, 7) is 0. The van der Waals surface area contributed by atoms with E-state index in [2.05, 4.69) is 0 Å². The zero-order chi connectivity index (χ0) is 23.7. The molecule has 3 rings (SSSR count). The topological polar surface area (TPSA) is 190 Å². The first-order chi connectivity index (χ1) is 15.0. The maximum Gasteiger partial charge on any atom is 0.336 e. The second-order valence-electron chi connectivity index (χ2n) is 6.60. The van der Waals surface area contributed by atoms with Gasteiger partial charge in [0.05, 0.1) is 27.8 Å². The molecule has 10 nitrogen and oxygen atoms in total. The molecule has 3 aromatic carbocycles. The third-order valence-corrected chi connectivity index (χ3v) is 4.71. The molecule has 0 saturated carbocycles. The van der Waals surface area contributed by atoms with Gasteiger partial charge in [-0.05, 0) is 42.0 Å². The van der Waals surface area contributed by atoms with Crippen LogP contribution in [0.2, 0.25) is 0 Å². The number of hydrogen-bond donors (Lipinski definition) is 6. The van der Waals surface area contributed by atoms with Gasteiger partial charge in [0.1, 0.15) is 11.5 Å². The number of carbonyl (C=O) groups is 4. The summed E-state index contributed by atoms with van der Waals surface area (Å²) in [4.78, 5) is 45.8. The van der Waals surface area contributed by atoms with Crippen LogP contribution in [0, 0.1) is 0 Å². The summed E-state index contributed by atoms with van der Waals surface area (Å²) in [5.41, 5.74) is -2.38. The Labute approximate surface area is 178 Å². The van der Waals surface area contributed by atoms with Crippen molar-refractivity contribution in [3.8, 4) is 33.8 Å². The lowest BCUT2D eigenvalue weighted by Crippen LogP contribution is -2.05. The molecule has 0 fully saturated rings. The second kappa shape index (κ2) is 8.11. The predicted molar refractivity (Wildman–Crippen MR) is 108 cm³/mol. The fourth-order valence-electron chi connectivity index (χ4n) is 3.22. The number of phenolic OH excluding ortho intramolecular Hbond substituents is 2. The van der Waals surface area contributed by atoms with Crippen molar-refractivity contribution in [2.75, 3.05) is 0 Å². The number of carboxylic acid groups (broad SMARTS) is 4. The molecule has 0 bridgehead atoms. The highest BCUT2D eigenvalue weighted by Gasteiger charge is 2.24. The predicted octanol–water partition coefficient (Wildman–Crippen LogP) is 3.22. The Morgan fingerprint density at radius 2 is 0.969 bits per heavy atom. The van der Waals surface area contributed by atoms with Gasteiger partial charge in [-0.2, -0.15) is 0 Å². The van der Waals surface area contributed by atoms with Crippen LogP contribution in [0.4, 0.5) is 0 Å². The van der Waals surface area contributed by atoms with Crippen LogP contribution in [0.15, 0.2) is 48.5 Å². The van der Waals surface area contributed by atoms with E-state index in [4.69, 9.17) is 10.2 Å². The third-order valence-electron chi connectivity index (χ3n) is 4.71. The molecule has 32 heavy (non-hydrogen) atoms. The largest absolute Gasteiger partial charge is 0.507 e. The number of aromatic hydroxyl groups is 2. The maximum absolute atomic E-state index is 11.7. The van der Waals surface area contributed by atoms with Gasteiger partial charge >= 0.3 is 23.9 Å². The molecule has 0 unspecified atom stereocenters. The highest BCUT2D eigenvalue weighted by molar-refractivity contribution is 6.04. The lowest BCUT2D eigenvalue weighted by atomic mass is 9.90. The second-order valence-corrected chi connectivity index (χ2v) is 6.60. The molecule has 0 spiro atoms. The van der Waals surface area contributed by atoms with E-state index in [1.54, 1.807) is 0 Å². The summed E-state index contributed by atoms with van der Waals surface area (Å²) < 4.78 is 0. The van der Waals surface area contributed by atoms with Crippen LogP contribution < -0.4 is 0 Å². The number of rotatable bonds is 6. The standard InChI is InChI=1S/C22H14O10/c23-16-6-5-13(11-3-1-9(19(25)26)7-14(11)21(29)30)18(24)17(16)12-4-2-10(20(27)28)8-15(12)22(31)32/h1-8,23-24H,(H,25,26)(H,27,28)(H,29,30)(H,31,32). The van der Waals surface area contributed by atoms with Crippen molar-refractivity contribution in [2.24, 2.45) is 0 Å². The van der Waals surface area contributed by atoms with E-state index in [1.807, 2.05) is 0 Å². The van der Waals surface area contributed by atoms with Crippen molar-refractivity contribution >= 4 is 23.9 Å². The molecular formula is C22H14O10. The van der Waals surface area contributed by atoms with Gasteiger partial charge in [0.2, 0.25) is 0 Å². The molecule has 0 aliphatic carbocycles. The molecule has 0 aliphatic rings. The molecule has 3 aromatic rings. The normalized spacial score (nSPS) is 10.5. The molecule has 0 aromatic heterocycles. The van der Waals surface area contributed by atoms with Crippen molar-refractivity contribution in [3.63, 3.8) is 0 Å². The average molecular weight is 438 g/mol. The Kier molecular flexibility index (Phi) is 5.53. The summed E-state index contributed by atoms with van der Waals surface area (Å²) in [5.74, 6) is -6.97. The highest BCUT2D eigenvalue weighted by Crippen LogP contribution is 2.45. The third kappa shape index (κ3) is 3.79. The Morgan fingerprint density at radius 1 is 0.531 bits per heavy atom. The minimum Gasteiger partial charge on any atom is -0.507 e. The van der Waals surface area contributed by atoms with Gasteiger partial charge in [0.15, 0.2) is 0 Å². The Balaban J connectivity index is 2.32. The number of phenols is 2. The highest BCUT2D eigenvalue weighted by atomic mass is 16.4. The molecule has 6 N–H and O–H groups in total. The summed E-state index contributed by atoms with van der Waals surface area (Å²) >= 11 is 0. The lowest BCUT2D eigenvalue weighted by Gasteiger charge is -2.16. The quantitative estimate of drug-likeness (QED) is 0.333. The van der Waals surface area contributed by atoms with Gasteiger partial charge < -0.3 is 30.6 Å². The molecular weight excluding hydrogens is 424 g/mol. The van der Waals surface area contributed by atoms with Crippen LogP contribution in [-0.4, -0.2) is 54.5 Å². The Hall–Kier alpha value is -4.86. The van der Waals surface area contributed by atoms with E-state index in [0.29, 0.717) is 0 Å². The number of hydrogen-bond acceptors (Lipinski definition) is 6. The van der Waals surface area contributed by atoms with Crippen molar-refractivity contribution < 1.29 is 49.8 Å². The van der Waals surface area contributed by atoms with E-state index in [1.165, 1.54) is 6.07 Å². The van der Waals surface area contributed by atoms with Crippen molar-refractivity contribution in [2.45, 2.75) is 0 Å². The van der Waals surface area contributed by atoms with Crippen molar-refractivity contribution in [1.29, 1.82) is 0 Å². The van der Waals surface area contributed by atoms with Gasteiger partial charge in [-0.1, -0.05) is 12.1 Å². The van der Waals surface area contributed by atoms with Crippen LogP contribution in [0.25, 0.3) is 22.3 Å². The summed E-state index contributed by atoms with van der Waals surface area (Å²) in [6.07, 6.45) is 0. The molecule has 0 radical (unpaired) electrons. The molecule has 0 saturated heterocycles. The lowest BCUT2D eigenvalue weighted by molar-refractivity contribution is 0.0677. The summed E-state index contributed by atoms with van der Waals surface area (Å²) in [6, 6.07) is 8.50. The van der Waals surface area contributed by atoms with Crippen LogP contribution in [0.1, 0.15) is 41.4 Å². The summed E-state index contributed by atoms with van der Waals surface area (Å²) in [5, 5.41) is 58.4. The first kappa shape index (κ1) is 21.8. The van der Waals surface area contributed by atoms with Crippen LogP contribution >= 0.6 is 0 Å². The molecule has 10 heteroatoms. The van der Waals surface area contributed by atoms with Gasteiger partial charge in [0.25, 0.3) is 0 Å². The van der Waals surface area contributed by atoms with Crippen LogP contribution in [0.5, 0.6) is 11.5 Å². The fourth-order valence-corrected chi connectivity index (χ4v) is 3.22. The van der Waals surface area contributed by atoms with E-state index in [9.17, 15) is 39.6 Å². The molecule has 0 heterocycles. The first-order valence-corrected chi connectivity index (χ1v) is 8.79. The Bertz CT molecular complexity index is 1310. The summed E-state index contributed by atoms with van der Waals surface area (Å²) in [7, 11) is 0. The molecule has 162 valence electrons. The number of carboxylic acids is 4. The Morgan fingerprint density at radius 3 is 1.44 bits per heavy atom. The van der Waals surface area contributed by atoms with E-state index in [-0.39, 0.29) is 33.4 Å². The zero-order valence-corrected chi connectivity index (χ0v) is 15.9. The monoisotopic (exact) mass is 438 g/mol. The smallest absolute Gasteiger partial charge is 0.336 e. The first-order valence-electron chi connectivity index (χ1n) is 8.79. The SMILES string of the molecule is O=C(O)c1ccc(-c2ccc(O)c(-c3ccc(C(=O)O)cc3C(=O)O)c2O)c(C(=O)O)c1. The molecule has 0 atom stereocenters. The van der Waals surface area contributed by atoms with Crippen molar-refractivity contribution in [3.05, 3.63) is 70.8 Å². The van der Waals surface area contributed by atoms with Gasteiger partial charge in [-0.15, -0.1) is 0 Å². The molecule has 0 amide bonds.